The zero-order chi connectivity index (χ0) is 48.7. The Morgan fingerprint density at radius 1 is 0.333 bits per heavy atom. The van der Waals surface area contributed by atoms with Gasteiger partial charge in [0, 0.05) is 26.2 Å². The molecule has 2 amide bonds. The predicted octanol–water partition coefficient (Wildman–Crippen LogP) is 16.1. The number of nitrogens with zero attached hydrogens (tertiary/aromatic N) is 2. The molecule has 0 rings (SSSR count). The van der Waals surface area contributed by atoms with Gasteiger partial charge in [-0.3, -0.25) is 9.59 Å². The number of nitrogens with one attached hydrogen (secondary N) is 2. The molecule has 0 heterocycles. The normalized spacial score (nSPS) is 12.5. The SMILES string of the molecule is CCCCCCCCC=CCCCCCCCCN(CCCCCCNC(=O)C(F)(F)F)CCN(CCCCCCCCC=CCCCCCCCC)CCCCCCNC(=O)C(F)(F)F. The number of unbranched alkanes of at least 4 members (excludes halogenated alkanes) is 30. The molecule has 0 spiro atoms. The fourth-order valence-corrected chi connectivity index (χ4v) is 8.35. The van der Waals surface area contributed by atoms with E-state index in [2.05, 4.69) is 48.0 Å². The second-order valence-electron chi connectivity index (χ2n) is 18.9. The van der Waals surface area contributed by atoms with Gasteiger partial charge in [0.15, 0.2) is 0 Å². The summed E-state index contributed by atoms with van der Waals surface area (Å²) in [4.78, 5) is 27.4. The highest BCUT2D eigenvalue weighted by Gasteiger charge is 2.38. The van der Waals surface area contributed by atoms with Gasteiger partial charge in [0.1, 0.15) is 0 Å². The molecule has 0 aromatic heterocycles. The van der Waals surface area contributed by atoms with Gasteiger partial charge in [0.25, 0.3) is 0 Å². The average Bonchev–Trinajstić information content (AvgIpc) is 3.28. The summed E-state index contributed by atoms with van der Waals surface area (Å²) in [6, 6.07) is 0. The van der Waals surface area contributed by atoms with E-state index in [4.69, 9.17) is 0 Å². The maximum atomic E-state index is 12.5. The Labute approximate surface area is 401 Å². The summed E-state index contributed by atoms with van der Waals surface area (Å²) in [7, 11) is 0. The fourth-order valence-electron chi connectivity index (χ4n) is 8.35. The van der Waals surface area contributed by atoms with E-state index in [1.165, 1.54) is 167 Å². The maximum Gasteiger partial charge on any atom is 0.471 e. The summed E-state index contributed by atoms with van der Waals surface area (Å²) >= 11 is 0. The van der Waals surface area contributed by atoms with Gasteiger partial charge in [0.05, 0.1) is 0 Å². The summed E-state index contributed by atoms with van der Waals surface area (Å²) in [5.41, 5.74) is 0. The van der Waals surface area contributed by atoms with Crippen molar-refractivity contribution < 1.29 is 35.9 Å². The maximum absolute atomic E-state index is 12.5. The van der Waals surface area contributed by atoms with Crippen LogP contribution in [-0.2, 0) is 9.59 Å². The van der Waals surface area contributed by atoms with Crippen molar-refractivity contribution in [2.24, 2.45) is 0 Å². The Morgan fingerprint density at radius 2 is 0.561 bits per heavy atom. The largest absolute Gasteiger partial charge is 0.471 e. The van der Waals surface area contributed by atoms with Crippen LogP contribution in [0.2, 0.25) is 0 Å². The highest BCUT2D eigenvalue weighted by Crippen LogP contribution is 2.17. The number of halogens is 6. The third-order valence-electron chi connectivity index (χ3n) is 12.6. The van der Waals surface area contributed by atoms with Gasteiger partial charge in [-0.1, -0.05) is 179 Å². The third-order valence-corrected chi connectivity index (χ3v) is 12.6. The standard InChI is InChI=1S/C54H100F6N4O2/c1-3-5-7-9-11-13-15-17-19-21-23-25-27-29-33-39-45-63(47-41-35-31-37-43-61-51(65)53(55,56)57)49-50-64(48-42-36-32-38-44-62-52(66)54(58,59)60)46-40-34-30-28-26-24-22-20-18-16-14-12-10-8-6-4-2/h17-20H,3-16,21-50H2,1-2H3,(H,61,65)(H,62,66). The van der Waals surface area contributed by atoms with Crippen LogP contribution in [0.25, 0.3) is 0 Å². The number of carbonyl (C=O) groups is 2. The van der Waals surface area contributed by atoms with Crippen molar-refractivity contribution in [1.82, 2.24) is 20.4 Å². The topological polar surface area (TPSA) is 64.7 Å². The molecule has 0 unspecified atom stereocenters. The van der Waals surface area contributed by atoms with E-state index >= 15 is 0 Å². The molecule has 66 heavy (non-hydrogen) atoms. The van der Waals surface area contributed by atoms with Crippen LogP contribution in [-0.4, -0.2) is 86.3 Å². The van der Waals surface area contributed by atoms with Gasteiger partial charge < -0.3 is 20.4 Å². The highest BCUT2D eigenvalue weighted by atomic mass is 19.4. The first kappa shape index (κ1) is 63.9. The number of allylic oxidation sites excluding steroid dienone is 4. The third kappa shape index (κ3) is 45.7. The minimum absolute atomic E-state index is 0.0331. The molecule has 0 atom stereocenters. The molecular formula is C54H100F6N4O2. The van der Waals surface area contributed by atoms with Crippen molar-refractivity contribution in [2.75, 3.05) is 52.4 Å². The van der Waals surface area contributed by atoms with Gasteiger partial charge in [-0.15, -0.1) is 0 Å². The first-order valence-electron chi connectivity index (χ1n) is 27.4. The molecule has 0 aliphatic heterocycles. The Kier molecular flexibility index (Phi) is 45.2. The van der Waals surface area contributed by atoms with Crippen LogP contribution in [0.3, 0.4) is 0 Å². The Balaban J connectivity index is 4.92. The molecular weight excluding hydrogens is 851 g/mol. The lowest BCUT2D eigenvalue weighted by Crippen LogP contribution is -2.37. The lowest BCUT2D eigenvalue weighted by atomic mass is 10.1. The molecule has 0 saturated carbocycles. The number of hydrogen-bond donors (Lipinski definition) is 2. The molecule has 6 nitrogen and oxygen atoms in total. The van der Waals surface area contributed by atoms with Crippen molar-refractivity contribution in [1.29, 1.82) is 0 Å². The fraction of sp³-hybridized carbons (Fsp3) is 0.889. The second kappa shape index (κ2) is 46.6. The molecule has 0 aromatic carbocycles. The van der Waals surface area contributed by atoms with Gasteiger partial charge in [-0.2, -0.15) is 26.3 Å². The van der Waals surface area contributed by atoms with Crippen molar-refractivity contribution in [3.63, 3.8) is 0 Å². The summed E-state index contributed by atoms with van der Waals surface area (Å²) in [6.45, 7) is 10.4. The molecule has 12 heteroatoms. The number of hydrogen-bond acceptors (Lipinski definition) is 4. The van der Waals surface area contributed by atoms with E-state index in [0.29, 0.717) is 12.8 Å². The van der Waals surface area contributed by atoms with Crippen molar-refractivity contribution in [3.8, 4) is 0 Å². The lowest BCUT2D eigenvalue weighted by molar-refractivity contribution is -0.173. The van der Waals surface area contributed by atoms with E-state index in [-0.39, 0.29) is 13.1 Å². The molecule has 2 N–H and O–H groups in total. The second-order valence-corrected chi connectivity index (χ2v) is 18.9. The van der Waals surface area contributed by atoms with Crippen molar-refractivity contribution >= 4 is 11.8 Å². The number of rotatable bonds is 49. The van der Waals surface area contributed by atoms with Crippen molar-refractivity contribution in [2.45, 2.75) is 257 Å². The molecule has 0 saturated heterocycles. The van der Waals surface area contributed by atoms with Gasteiger partial charge in [-0.25, -0.2) is 0 Å². The van der Waals surface area contributed by atoms with Crippen LogP contribution in [0.4, 0.5) is 26.3 Å². The Hall–Kier alpha value is -2.08. The Morgan fingerprint density at radius 3 is 0.818 bits per heavy atom. The van der Waals surface area contributed by atoms with Crippen LogP contribution < -0.4 is 10.6 Å². The van der Waals surface area contributed by atoms with Crippen LogP contribution in [0.1, 0.15) is 245 Å². The van der Waals surface area contributed by atoms with Gasteiger partial charge in [0.2, 0.25) is 0 Å². The molecule has 0 aliphatic carbocycles. The van der Waals surface area contributed by atoms with Crippen LogP contribution in [0, 0.1) is 0 Å². The minimum atomic E-state index is -4.85. The summed E-state index contributed by atoms with van der Waals surface area (Å²) in [6.07, 6.45) is 41.6. The van der Waals surface area contributed by atoms with E-state index in [0.717, 1.165) is 90.6 Å². The first-order valence-corrected chi connectivity index (χ1v) is 27.4. The van der Waals surface area contributed by atoms with E-state index in [1.54, 1.807) is 0 Å². The monoisotopic (exact) mass is 951 g/mol. The van der Waals surface area contributed by atoms with Gasteiger partial charge >= 0.3 is 24.2 Å². The smallest absolute Gasteiger partial charge is 0.348 e. The van der Waals surface area contributed by atoms with Gasteiger partial charge in [-0.05, 0) is 116 Å². The zero-order valence-electron chi connectivity index (χ0n) is 42.4. The van der Waals surface area contributed by atoms with Crippen LogP contribution >= 0.6 is 0 Å². The van der Waals surface area contributed by atoms with E-state index in [1.807, 2.05) is 10.6 Å². The van der Waals surface area contributed by atoms with E-state index in [9.17, 15) is 35.9 Å². The summed E-state index contributed by atoms with van der Waals surface area (Å²) in [5, 5.41) is 3.95. The molecule has 0 aliphatic rings. The molecule has 0 fully saturated rings. The first-order chi connectivity index (χ1) is 31.9. The molecule has 0 bridgehead atoms. The summed E-state index contributed by atoms with van der Waals surface area (Å²) in [5.74, 6) is -3.75. The predicted molar refractivity (Wildman–Crippen MR) is 267 cm³/mol. The Bertz CT molecular complexity index is 1050. The average molecular weight is 951 g/mol. The highest BCUT2D eigenvalue weighted by molar-refractivity contribution is 5.81. The number of carbonyl (C=O) groups excluding carboxylic acids is 2. The number of amides is 2. The summed E-state index contributed by atoms with van der Waals surface area (Å²) < 4.78 is 75.2. The van der Waals surface area contributed by atoms with Crippen molar-refractivity contribution in [3.05, 3.63) is 24.3 Å². The van der Waals surface area contributed by atoms with E-state index < -0.39 is 24.2 Å². The van der Waals surface area contributed by atoms with Crippen LogP contribution in [0.5, 0.6) is 0 Å². The minimum Gasteiger partial charge on any atom is -0.348 e. The molecule has 0 aromatic rings. The number of alkyl halides is 6. The zero-order valence-corrected chi connectivity index (χ0v) is 42.4. The quantitative estimate of drug-likeness (QED) is 0.0362. The molecule has 0 radical (unpaired) electrons. The molecule has 390 valence electrons. The van der Waals surface area contributed by atoms with Crippen LogP contribution in [0.15, 0.2) is 24.3 Å². The lowest BCUT2D eigenvalue weighted by Gasteiger charge is -2.28.